The SMILES string of the molecule is [B-]1CCCOO1.[Na+]. The second kappa shape index (κ2) is 5.13. The molecule has 0 aromatic heterocycles. The van der Waals surface area contributed by atoms with Gasteiger partial charge in [0.25, 0.3) is 0 Å². The quantitative estimate of drug-likeness (QED) is 0.250. The van der Waals surface area contributed by atoms with E-state index in [0.29, 0.717) is 0 Å². The van der Waals surface area contributed by atoms with Crippen LogP contribution in [-0.4, -0.2) is 14.1 Å². The molecule has 1 aliphatic rings. The Balaban J connectivity index is 0.000000360. The average molecular weight is 108 g/mol. The molecule has 1 aliphatic heterocycles. The zero-order chi connectivity index (χ0) is 4.24. The van der Waals surface area contributed by atoms with Gasteiger partial charge in [0.2, 0.25) is 0 Å². The summed E-state index contributed by atoms with van der Waals surface area (Å²) in [6, 6.07) is 0. The van der Waals surface area contributed by atoms with Crippen LogP contribution in [0.1, 0.15) is 6.42 Å². The van der Waals surface area contributed by atoms with Crippen molar-refractivity contribution >= 4 is 7.48 Å². The zero-order valence-electron chi connectivity index (χ0n) is 4.52. The fraction of sp³-hybridized carbons (Fsp3) is 1.00. The maximum absolute atomic E-state index is 4.51. The molecule has 4 heteroatoms. The van der Waals surface area contributed by atoms with E-state index in [4.69, 9.17) is 0 Å². The summed E-state index contributed by atoms with van der Waals surface area (Å²) in [7, 11) is 1.67. The molecule has 0 aliphatic carbocycles. The Kier molecular flexibility index (Phi) is 5.85. The molecule has 1 heterocycles. The molecular weight excluding hydrogens is 102 g/mol. The summed E-state index contributed by atoms with van der Waals surface area (Å²) >= 11 is 0. The third kappa shape index (κ3) is 3.56. The Morgan fingerprint density at radius 2 is 2.29 bits per heavy atom. The second-order valence-electron chi connectivity index (χ2n) is 1.23. The minimum atomic E-state index is 0. The van der Waals surface area contributed by atoms with Crippen molar-refractivity contribution in [1.82, 2.24) is 0 Å². The number of hydrogen-bond acceptors (Lipinski definition) is 2. The van der Waals surface area contributed by atoms with Crippen molar-refractivity contribution in [3.8, 4) is 0 Å². The monoisotopic (exact) mass is 108 g/mol. The van der Waals surface area contributed by atoms with Crippen LogP contribution in [0.4, 0.5) is 0 Å². The fourth-order valence-electron chi connectivity index (χ4n) is 0.370. The summed E-state index contributed by atoms with van der Waals surface area (Å²) in [6.45, 7) is 0.747. The maximum Gasteiger partial charge on any atom is 1.00 e. The van der Waals surface area contributed by atoms with E-state index in [-0.39, 0.29) is 29.6 Å². The summed E-state index contributed by atoms with van der Waals surface area (Å²) < 4.78 is 0. The van der Waals surface area contributed by atoms with Gasteiger partial charge in [-0.25, -0.2) is 6.32 Å². The normalized spacial score (nSPS) is 20.6. The average Bonchev–Trinajstić information content (AvgIpc) is 1.72. The van der Waals surface area contributed by atoms with E-state index >= 15 is 0 Å². The smallest absolute Gasteiger partial charge is 0.532 e. The molecule has 34 valence electrons. The predicted octanol–water partition coefficient (Wildman–Crippen LogP) is -2.62. The largest absolute Gasteiger partial charge is 1.00 e. The standard InChI is InChI=1S/C3H6BO2.Na/c1-2-4-6-5-3-1;/h1-3H2;/q-1;+1. The Bertz CT molecular complexity index is 28.4. The maximum atomic E-state index is 4.51. The molecular formula is C3H6BNaO2. The predicted molar refractivity (Wildman–Crippen MR) is 22.2 cm³/mol. The number of rotatable bonds is 0. The van der Waals surface area contributed by atoms with Gasteiger partial charge in [0, 0.05) is 0 Å². The minimum Gasteiger partial charge on any atom is -0.532 e. The molecule has 0 atom stereocenters. The summed E-state index contributed by atoms with van der Waals surface area (Å²) in [5, 5.41) is 0. The van der Waals surface area contributed by atoms with Crippen LogP contribution in [-0.2, 0) is 9.69 Å². The van der Waals surface area contributed by atoms with Gasteiger partial charge >= 0.3 is 29.6 Å². The summed E-state index contributed by atoms with van der Waals surface area (Å²) in [5.74, 6) is 0. The van der Waals surface area contributed by atoms with Gasteiger partial charge in [-0.1, -0.05) is 6.42 Å². The Hall–Kier alpha value is 0.985. The van der Waals surface area contributed by atoms with Crippen molar-refractivity contribution in [2.24, 2.45) is 0 Å². The Morgan fingerprint density at radius 1 is 1.43 bits per heavy atom. The molecule has 0 amide bonds. The van der Waals surface area contributed by atoms with Gasteiger partial charge in [-0.2, -0.15) is 0 Å². The first-order valence-corrected chi connectivity index (χ1v) is 2.10. The van der Waals surface area contributed by atoms with E-state index in [2.05, 4.69) is 9.69 Å². The second-order valence-corrected chi connectivity index (χ2v) is 1.23. The molecule has 0 unspecified atom stereocenters. The molecule has 0 spiro atoms. The van der Waals surface area contributed by atoms with Crippen molar-refractivity contribution < 1.29 is 39.2 Å². The van der Waals surface area contributed by atoms with Gasteiger partial charge in [0.1, 0.15) is 0 Å². The van der Waals surface area contributed by atoms with Crippen LogP contribution < -0.4 is 29.6 Å². The zero-order valence-corrected chi connectivity index (χ0v) is 6.52. The van der Waals surface area contributed by atoms with E-state index in [1.807, 2.05) is 0 Å². The van der Waals surface area contributed by atoms with E-state index in [9.17, 15) is 0 Å². The fourth-order valence-corrected chi connectivity index (χ4v) is 0.370. The van der Waals surface area contributed by atoms with Crippen LogP contribution in [0.2, 0.25) is 6.32 Å². The molecule has 0 N–H and O–H groups in total. The van der Waals surface area contributed by atoms with Crippen molar-refractivity contribution in [1.29, 1.82) is 0 Å². The van der Waals surface area contributed by atoms with Crippen LogP contribution in [0.15, 0.2) is 0 Å². The van der Waals surface area contributed by atoms with Crippen LogP contribution in [0.5, 0.6) is 0 Å². The van der Waals surface area contributed by atoms with Crippen molar-refractivity contribution in [3.05, 3.63) is 0 Å². The molecule has 2 nitrogen and oxygen atoms in total. The van der Waals surface area contributed by atoms with Crippen LogP contribution in [0.25, 0.3) is 0 Å². The van der Waals surface area contributed by atoms with Crippen LogP contribution in [0, 0.1) is 0 Å². The molecule has 1 saturated heterocycles. The van der Waals surface area contributed by atoms with E-state index in [1.54, 1.807) is 7.48 Å². The minimum absolute atomic E-state index is 0. The van der Waals surface area contributed by atoms with Gasteiger partial charge in [0.15, 0.2) is 0 Å². The molecule has 0 saturated carbocycles. The Morgan fingerprint density at radius 3 is 2.43 bits per heavy atom. The number of hydrogen-bond donors (Lipinski definition) is 0. The third-order valence-electron chi connectivity index (χ3n) is 0.686. The summed E-state index contributed by atoms with van der Waals surface area (Å²) in [5.41, 5.74) is 0. The first-order valence-electron chi connectivity index (χ1n) is 2.10. The summed E-state index contributed by atoms with van der Waals surface area (Å²) in [6.07, 6.45) is 2.12. The molecule has 0 aromatic rings. The first-order chi connectivity index (χ1) is 3.00. The molecule has 7 heavy (non-hydrogen) atoms. The van der Waals surface area contributed by atoms with Crippen molar-refractivity contribution in [2.45, 2.75) is 12.7 Å². The van der Waals surface area contributed by atoms with E-state index in [1.165, 1.54) is 0 Å². The van der Waals surface area contributed by atoms with Gasteiger partial charge in [-0.3, -0.25) is 4.89 Å². The van der Waals surface area contributed by atoms with Gasteiger partial charge < -0.3 is 4.81 Å². The topological polar surface area (TPSA) is 18.5 Å². The van der Waals surface area contributed by atoms with Gasteiger partial charge in [-0.15, -0.1) is 7.48 Å². The summed E-state index contributed by atoms with van der Waals surface area (Å²) in [4.78, 5) is 8.96. The van der Waals surface area contributed by atoms with Crippen molar-refractivity contribution in [2.75, 3.05) is 6.61 Å². The van der Waals surface area contributed by atoms with Crippen LogP contribution >= 0.6 is 0 Å². The van der Waals surface area contributed by atoms with E-state index < -0.39 is 0 Å². The molecule has 0 bridgehead atoms. The first kappa shape index (κ1) is 7.98. The van der Waals surface area contributed by atoms with Gasteiger partial charge in [0.05, 0.1) is 6.61 Å². The van der Waals surface area contributed by atoms with Gasteiger partial charge in [-0.05, 0) is 0 Å². The molecule has 1 rings (SSSR count). The van der Waals surface area contributed by atoms with Crippen LogP contribution in [0.3, 0.4) is 0 Å². The molecule has 0 aromatic carbocycles. The van der Waals surface area contributed by atoms with E-state index in [0.717, 1.165) is 19.3 Å². The molecule has 2 radical (unpaired) electrons. The van der Waals surface area contributed by atoms with Crippen molar-refractivity contribution in [3.63, 3.8) is 0 Å². The molecule has 1 fully saturated rings. The Labute approximate surface area is 66.1 Å². The third-order valence-corrected chi connectivity index (χ3v) is 0.686.